The third kappa shape index (κ3) is 4.86. The van der Waals surface area contributed by atoms with Crippen LogP contribution in [0.3, 0.4) is 0 Å². The lowest BCUT2D eigenvalue weighted by atomic mass is 10.0. The van der Waals surface area contributed by atoms with E-state index in [0.717, 1.165) is 54.1 Å². The minimum Gasteiger partial charge on any atom is -0.491 e. The lowest BCUT2D eigenvalue weighted by molar-refractivity contribution is -0.0110. The first-order chi connectivity index (χ1) is 18.1. The van der Waals surface area contributed by atoms with Gasteiger partial charge in [-0.15, -0.1) is 5.10 Å². The predicted octanol–water partition coefficient (Wildman–Crippen LogP) is 4.59. The largest absolute Gasteiger partial charge is 0.491 e. The van der Waals surface area contributed by atoms with Crippen LogP contribution in [0.5, 0.6) is 5.75 Å². The fraction of sp³-hybridized carbons (Fsp3) is 0.357. The van der Waals surface area contributed by atoms with Gasteiger partial charge in [-0.05, 0) is 61.1 Å². The van der Waals surface area contributed by atoms with Crippen LogP contribution in [0.25, 0.3) is 16.8 Å². The molecule has 2 aromatic heterocycles. The number of nitrogens with zero attached hydrogens (tertiary/aromatic N) is 5. The smallest absolute Gasteiger partial charge is 0.339 e. The Morgan fingerprint density at radius 3 is 2.73 bits per heavy atom. The van der Waals surface area contributed by atoms with Crippen molar-refractivity contribution in [2.45, 2.75) is 43.6 Å². The molecule has 2 aliphatic rings. The minimum absolute atomic E-state index is 0.0210. The Bertz CT molecular complexity index is 1420. The number of carbonyl (C=O) groups is 1. The number of carboxylic acid groups (broad SMARTS) is 1. The van der Waals surface area contributed by atoms with Gasteiger partial charge in [0.2, 0.25) is 0 Å². The fourth-order valence-electron chi connectivity index (χ4n) is 5.16. The van der Waals surface area contributed by atoms with Gasteiger partial charge in [0.15, 0.2) is 0 Å². The topological polar surface area (TPSA) is 104 Å². The number of ether oxygens (including phenoxy) is 2. The van der Waals surface area contributed by atoms with Gasteiger partial charge in [-0.3, -0.25) is 4.68 Å². The average molecular weight is 500 g/mol. The van der Waals surface area contributed by atoms with Crippen LogP contribution < -0.4 is 4.74 Å². The molecule has 3 unspecified atom stereocenters. The number of benzene rings is 2. The number of carboxylic acids is 1. The molecule has 4 aromatic rings. The summed E-state index contributed by atoms with van der Waals surface area (Å²) in [5.41, 5.74) is 4.62. The van der Waals surface area contributed by atoms with Crippen LogP contribution in [-0.2, 0) is 11.8 Å². The van der Waals surface area contributed by atoms with Crippen LogP contribution in [-0.4, -0.2) is 55.2 Å². The minimum atomic E-state index is -0.978. The molecule has 190 valence electrons. The van der Waals surface area contributed by atoms with E-state index in [-0.39, 0.29) is 23.5 Å². The van der Waals surface area contributed by atoms with Crippen LogP contribution in [0.1, 0.15) is 59.3 Å². The number of aromatic nitrogens is 5. The SMILES string of the molecule is Cn1cc(C2CC2c2c(C(=O)O)cnn2-c2cccc(-c3cccc(OCC4CCCCO4)c3)c2)nn1. The molecule has 9 heteroatoms. The summed E-state index contributed by atoms with van der Waals surface area (Å²) in [5, 5.41) is 22.6. The van der Waals surface area contributed by atoms with E-state index in [2.05, 4.69) is 15.4 Å². The Labute approximate surface area is 214 Å². The van der Waals surface area contributed by atoms with Crippen LogP contribution in [0, 0.1) is 0 Å². The highest BCUT2D eigenvalue weighted by Gasteiger charge is 2.46. The second-order valence-electron chi connectivity index (χ2n) is 9.80. The van der Waals surface area contributed by atoms with E-state index in [9.17, 15) is 9.90 Å². The number of aryl methyl sites for hydroxylation is 1. The molecule has 0 radical (unpaired) electrons. The zero-order valence-electron chi connectivity index (χ0n) is 20.7. The Kier molecular flexibility index (Phi) is 6.21. The number of aromatic carboxylic acids is 1. The zero-order chi connectivity index (χ0) is 25.4. The third-order valence-corrected chi connectivity index (χ3v) is 7.15. The maximum atomic E-state index is 12.0. The zero-order valence-corrected chi connectivity index (χ0v) is 20.7. The molecule has 0 spiro atoms. The van der Waals surface area contributed by atoms with Gasteiger partial charge in [0.05, 0.1) is 29.4 Å². The maximum Gasteiger partial charge on any atom is 0.339 e. The van der Waals surface area contributed by atoms with E-state index in [1.165, 1.54) is 12.6 Å². The molecular formula is C28H29N5O4. The molecule has 1 aliphatic heterocycles. The molecule has 0 bridgehead atoms. The number of hydrogen-bond donors (Lipinski definition) is 1. The molecule has 2 fully saturated rings. The van der Waals surface area contributed by atoms with E-state index in [1.807, 2.05) is 61.8 Å². The van der Waals surface area contributed by atoms with Crippen LogP contribution in [0.2, 0.25) is 0 Å². The summed E-state index contributed by atoms with van der Waals surface area (Å²) in [4.78, 5) is 12.0. The van der Waals surface area contributed by atoms with Crippen molar-refractivity contribution in [3.63, 3.8) is 0 Å². The first-order valence-electron chi connectivity index (χ1n) is 12.7. The molecule has 3 atom stereocenters. The summed E-state index contributed by atoms with van der Waals surface area (Å²) in [6.07, 6.45) is 7.63. The van der Waals surface area contributed by atoms with Crippen molar-refractivity contribution in [2.24, 2.45) is 7.05 Å². The van der Waals surface area contributed by atoms with Gasteiger partial charge in [0, 0.05) is 31.7 Å². The monoisotopic (exact) mass is 499 g/mol. The molecule has 2 aromatic carbocycles. The summed E-state index contributed by atoms with van der Waals surface area (Å²) in [7, 11) is 1.83. The van der Waals surface area contributed by atoms with Crippen molar-refractivity contribution in [1.82, 2.24) is 24.8 Å². The third-order valence-electron chi connectivity index (χ3n) is 7.15. The van der Waals surface area contributed by atoms with Crippen molar-refractivity contribution in [3.8, 4) is 22.6 Å². The highest BCUT2D eigenvalue weighted by molar-refractivity contribution is 5.89. The fourth-order valence-corrected chi connectivity index (χ4v) is 5.16. The van der Waals surface area contributed by atoms with E-state index in [1.54, 1.807) is 9.36 Å². The van der Waals surface area contributed by atoms with Crippen molar-refractivity contribution < 1.29 is 19.4 Å². The molecule has 6 rings (SSSR count). The van der Waals surface area contributed by atoms with Crippen LogP contribution in [0.4, 0.5) is 0 Å². The van der Waals surface area contributed by atoms with Gasteiger partial charge in [-0.2, -0.15) is 5.10 Å². The van der Waals surface area contributed by atoms with Gasteiger partial charge in [0.25, 0.3) is 0 Å². The van der Waals surface area contributed by atoms with E-state index >= 15 is 0 Å². The molecule has 37 heavy (non-hydrogen) atoms. The van der Waals surface area contributed by atoms with Gasteiger partial charge in [-0.25, -0.2) is 9.48 Å². The standard InChI is InChI=1S/C28H29N5O4/c1-32-16-26(30-31-32)23-14-24(23)27-25(28(34)35)15-29-33(27)20-8-4-6-18(12-20)19-7-5-10-21(13-19)37-17-22-9-2-3-11-36-22/h4-8,10,12-13,15-16,22-24H,2-3,9,11,14,17H2,1H3,(H,34,35). The van der Waals surface area contributed by atoms with Crippen molar-refractivity contribution in [3.05, 3.63) is 77.9 Å². The van der Waals surface area contributed by atoms with Crippen molar-refractivity contribution in [1.29, 1.82) is 0 Å². The Morgan fingerprint density at radius 1 is 1.14 bits per heavy atom. The second-order valence-corrected chi connectivity index (χ2v) is 9.80. The summed E-state index contributed by atoms with van der Waals surface area (Å²) in [5.74, 6) is -0.0242. The van der Waals surface area contributed by atoms with Gasteiger partial charge in [0.1, 0.15) is 17.9 Å². The number of rotatable bonds is 8. The van der Waals surface area contributed by atoms with Crippen LogP contribution >= 0.6 is 0 Å². The van der Waals surface area contributed by atoms with Gasteiger partial charge >= 0.3 is 5.97 Å². The molecular weight excluding hydrogens is 470 g/mol. The predicted molar refractivity (Wildman–Crippen MR) is 136 cm³/mol. The first kappa shape index (κ1) is 23.4. The van der Waals surface area contributed by atoms with Gasteiger partial charge < -0.3 is 14.6 Å². The summed E-state index contributed by atoms with van der Waals surface area (Å²) in [6, 6.07) is 16.0. The molecule has 9 nitrogen and oxygen atoms in total. The Morgan fingerprint density at radius 2 is 1.97 bits per heavy atom. The first-order valence-corrected chi connectivity index (χ1v) is 12.7. The van der Waals surface area contributed by atoms with E-state index in [4.69, 9.17) is 9.47 Å². The second kappa shape index (κ2) is 9.82. The highest BCUT2D eigenvalue weighted by Crippen LogP contribution is 2.55. The summed E-state index contributed by atoms with van der Waals surface area (Å²) >= 11 is 0. The molecule has 0 amide bonds. The van der Waals surface area contributed by atoms with Crippen molar-refractivity contribution in [2.75, 3.05) is 13.2 Å². The average Bonchev–Trinajstić information content (AvgIpc) is 3.37. The lowest BCUT2D eigenvalue weighted by Gasteiger charge is -2.22. The maximum absolute atomic E-state index is 12.0. The molecule has 1 aliphatic carbocycles. The summed E-state index contributed by atoms with van der Waals surface area (Å²) in [6.45, 7) is 1.35. The van der Waals surface area contributed by atoms with E-state index < -0.39 is 5.97 Å². The Balaban J connectivity index is 1.27. The lowest BCUT2D eigenvalue weighted by Crippen LogP contribution is -2.25. The molecule has 3 heterocycles. The quantitative estimate of drug-likeness (QED) is 0.378. The highest BCUT2D eigenvalue weighted by atomic mass is 16.5. The van der Waals surface area contributed by atoms with Gasteiger partial charge in [-0.1, -0.05) is 29.5 Å². The normalized spacial score (nSPS) is 21.1. The van der Waals surface area contributed by atoms with E-state index in [0.29, 0.717) is 12.3 Å². The number of hydrogen-bond acceptors (Lipinski definition) is 6. The molecule has 1 saturated heterocycles. The van der Waals surface area contributed by atoms with Crippen LogP contribution in [0.15, 0.2) is 60.9 Å². The molecule has 1 N–H and O–H groups in total. The van der Waals surface area contributed by atoms with Crippen molar-refractivity contribution >= 4 is 5.97 Å². The summed E-state index contributed by atoms with van der Waals surface area (Å²) < 4.78 is 15.3. The Hall–Kier alpha value is -3.98. The molecule has 1 saturated carbocycles.